The number of benzene rings is 2. The van der Waals surface area contributed by atoms with Crippen LogP contribution in [0.2, 0.25) is 0 Å². The number of hydrogen-bond acceptors (Lipinski definition) is 3. The van der Waals surface area contributed by atoms with Crippen molar-refractivity contribution in [3.05, 3.63) is 65.2 Å². The molecule has 5 nitrogen and oxygen atoms in total. The molecule has 1 amide bonds. The lowest BCUT2D eigenvalue weighted by molar-refractivity contribution is -0.140. The van der Waals surface area contributed by atoms with Gasteiger partial charge in [-0.15, -0.1) is 0 Å². The molecule has 2 aromatic rings. The molecule has 1 fully saturated rings. The first-order chi connectivity index (χ1) is 13.1. The molecule has 4 rings (SSSR count). The predicted octanol–water partition coefficient (Wildman–Crippen LogP) is 4.00. The quantitative estimate of drug-likeness (QED) is 0.889. The van der Waals surface area contributed by atoms with Crippen LogP contribution in [0.25, 0.3) is 0 Å². The van der Waals surface area contributed by atoms with E-state index in [0.717, 1.165) is 31.2 Å². The normalized spacial score (nSPS) is 22.6. The number of carbonyl (C=O) groups excluding carboxylic acids is 1. The van der Waals surface area contributed by atoms with Gasteiger partial charge in [0.2, 0.25) is 0 Å². The number of aliphatic carboxylic acids is 1. The molecule has 0 bridgehead atoms. The summed E-state index contributed by atoms with van der Waals surface area (Å²) >= 11 is 0. The molecule has 2 aliphatic rings. The minimum absolute atomic E-state index is 0.0594. The van der Waals surface area contributed by atoms with Gasteiger partial charge < -0.3 is 14.7 Å². The number of carbonyl (C=O) groups is 2. The van der Waals surface area contributed by atoms with Crippen LogP contribution < -0.4 is 4.74 Å². The van der Waals surface area contributed by atoms with Gasteiger partial charge in [-0.1, -0.05) is 43.2 Å². The molecule has 2 atom stereocenters. The molecular formula is C22H23NO4. The Morgan fingerprint density at radius 1 is 1.07 bits per heavy atom. The van der Waals surface area contributed by atoms with Gasteiger partial charge in [-0.05, 0) is 42.2 Å². The Balaban J connectivity index is 1.88. The van der Waals surface area contributed by atoms with Gasteiger partial charge in [0.25, 0.3) is 5.91 Å². The molecule has 27 heavy (non-hydrogen) atoms. The van der Waals surface area contributed by atoms with E-state index in [1.807, 2.05) is 29.2 Å². The summed E-state index contributed by atoms with van der Waals surface area (Å²) in [7, 11) is 1.60. The zero-order valence-electron chi connectivity index (χ0n) is 15.3. The first-order valence-corrected chi connectivity index (χ1v) is 9.40. The van der Waals surface area contributed by atoms with Crippen molar-refractivity contribution in [3.8, 4) is 5.75 Å². The Morgan fingerprint density at radius 3 is 2.37 bits per heavy atom. The first-order valence-electron chi connectivity index (χ1n) is 9.40. The predicted molar refractivity (Wildman–Crippen MR) is 101 cm³/mol. The molecule has 140 valence electrons. The van der Waals surface area contributed by atoms with Crippen molar-refractivity contribution in [1.82, 2.24) is 4.90 Å². The van der Waals surface area contributed by atoms with Crippen LogP contribution in [0.15, 0.2) is 48.5 Å². The van der Waals surface area contributed by atoms with Crippen LogP contribution in [-0.4, -0.2) is 35.0 Å². The van der Waals surface area contributed by atoms with E-state index in [0.29, 0.717) is 16.9 Å². The summed E-state index contributed by atoms with van der Waals surface area (Å²) in [6.45, 7) is 0. The van der Waals surface area contributed by atoms with Crippen LogP contribution in [-0.2, 0) is 4.79 Å². The van der Waals surface area contributed by atoms with E-state index in [-0.39, 0.29) is 11.9 Å². The molecule has 1 aliphatic heterocycles. The fourth-order valence-corrected chi connectivity index (χ4v) is 4.56. The van der Waals surface area contributed by atoms with E-state index in [4.69, 9.17) is 4.74 Å². The number of amides is 1. The second-order valence-corrected chi connectivity index (χ2v) is 7.27. The van der Waals surface area contributed by atoms with Crippen molar-refractivity contribution in [1.29, 1.82) is 0 Å². The van der Waals surface area contributed by atoms with Gasteiger partial charge in [-0.2, -0.15) is 0 Å². The van der Waals surface area contributed by atoms with Gasteiger partial charge in [-0.3, -0.25) is 9.59 Å². The molecule has 0 saturated heterocycles. The average molecular weight is 365 g/mol. The number of nitrogens with zero attached hydrogens (tertiary/aromatic N) is 1. The number of fused-ring (bicyclic) bond motifs is 1. The van der Waals surface area contributed by atoms with Crippen molar-refractivity contribution < 1.29 is 19.4 Å². The Bertz CT molecular complexity index is 855. The molecule has 1 heterocycles. The maximum atomic E-state index is 13.4. The molecule has 0 radical (unpaired) electrons. The fourth-order valence-electron chi connectivity index (χ4n) is 4.56. The fraction of sp³-hybridized carbons (Fsp3) is 0.364. The van der Waals surface area contributed by atoms with Gasteiger partial charge in [0, 0.05) is 11.6 Å². The topological polar surface area (TPSA) is 66.8 Å². The first kappa shape index (κ1) is 17.6. The molecule has 0 aromatic heterocycles. The molecule has 1 saturated carbocycles. The Morgan fingerprint density at radius 2 is 1.74 bits per heavy atom. The number of carboxylic acids is 1. The molecule has 5 heteroatoms. The lowest BCUT2D eigenvalue weighted by atomic mass is 9.79. The van der Waals surface area contributed by atoms with E-state index in [2.05, 4.69) is 0 Å². The van der Waals surface area contributed by atoms with Crippen LogP contribution in [0.3, 0.4) is 0 Å². The van der Waals surface area contributed by atoms with Gasteiger partial charge in [-0.25, -0.2) is 0 Å². The highest BCUT2D eigenvalue weighted by Gasteiger charge is 2.47. The molecule has 2 aromatic carbocycles. The lowest BCUT2D eigenvalue weighted by Crippen LogP contribution is -2.49. The molecule has 2 unspecified atom stereocenters. The summed E-state index contributed by atoms with van der Waals surface area (Å²) in [4.78, 5) is 27.6. The highest BCUT2D eigenvalue weighted by Crippen LogP contribution is 2.46. The van der Waals surface area contributed by atoms with Crippen molar-refractivity contribution in [2.24, 2.45) is 0 Å². The highest BCUT2D eigenvalue weighted by molar-refractivity contribution is 6.00. The largest absolute Gasteiger partial charge is 0.497 e. The smallest absolute Gasteiger partial charge is 0.313 e. The summed E-state index contributed by atoms with van der Waals surface area (Å²) in [5, 5.41) is 10.1. The minimum Gasteiger partial charge on any atom is -0.497 e. The third kappa shape index (κ3) is 2.97. The van der Waals surface area contributed by atoms with E-state index in [1.165, 1.54) is 0 Å². The Kier molecular flexibility index (Phi) is 4.60. The zero-order chi connectivity index (χ0) is 19.0. The Labute approximate surface area is 158 Å². The van der Waals surface area contributed by atoms with Crippen LogP contribution in [0, 0.1) is 0 Å². The standard InChI is InChI=1S/C22H23NO4/c1-27-16-12-10-14(11-13-16)20-19(22(25)26)17-8-4-5-9-18(17)21(24)23(20)15-6-2-3-7-15/h4-5,8-13,15,19-20H,2-3,6-7H2,1H3,(H,25,26). The number of rotatable bonds is 4. The zero-order valence-corrected chi connectivity index (χ0v) is 15.3. The summed E-state index contributed by atoms with van der Waals surface area (Å²) in [6.07, 6.45) is 3.99. The highest BCUT2D eigenvalue weighted by atomic mass is 16.5. The second kappa shape index (κ2) is 7.06. The van der Waals surface area contributed by atoms with Crippen molar-refractivity contribution in [3.63, 3.8) is 0 Å². The van der Waals surface area contributed by atoms with Crippen molar-refractivity contribution >= 4 is 11.9 Å². The summed E-state index contributed by atoms with van der Waals surface area (Å²) < 4.78 is 5.24. The molecular weight excluding hydrogens is 342 g/mol. The van der Waals surface area contributed by atoms with Crippen LogP contribution in [0.5, 0.6) is 5.75 Å². The second-order valence-electron chi connectivity index (χ2n) is 7.27. The van der Waals surface area contributed by atoms with Crippen molar-refractivity contribution in [2.75, 3.05) is 7.11 Å². The number of methoxy groups -OCH3 is 1. The van der Waals surface area contributed by atoms with Gasteiger partial charge in [0.05, 0.1) is 13.2 Å². The van der Waals surface area contributed by atoms with E-state index < -0.39 is 17.9 Å². The van der Waals surface area contributed by atoms with E-state index in [9.17, 15) is 14.7 Å². The third-order valence-electron chi connectivity index (χ3n) is 5.82. The van der Waals surface area contributed by atoms with Gasteiger partial charge in [0.1, 0.15) is 11.7 Å². The third-order valence-corrected chi connectivity index (χ3v) is 5.82. The van der Waals surface area contributed by atoms with Gasteiger partial charge in [0.15, 0.2) is 0 Å². The molecule has 0 spiro atoms. The maximum Gasteiger partial charge on any atom is 0.313 e. The maximum absolute atomic E-state index is 13.4. The summed E-state index contributed by atoms with van der Waals surface area (Å²) in [5.74, 6) is -1.04. The van der Waals surface area contributed by atoms with Crippen LogP contribution in [0.4, 0.5) is 0 Å². The van der Waals surface area contributed by atoms with E-state index >= 15 is 0 Å². The summed E-state index contributed by atoms with van der Waals surface area (Å²) in [6, 6.07) is 14.1. The van der Waals surface area contributed by atoms with Gasteiger partial charge >= 0.3 is 5.97 Å². The van der Waals surface area contributed by atoms with Crippen LogP contribution >= 0.6 is 0 Å². The number of hydrogen-bond donors (Lipinski definition) is 1. The monoisotopic (exact) mass is 365 g/mol. The summed E-state index contributed by atoms with van der Waals surface area (Å²) in [5.41, 5.74) is 1.95. The lowest BCUT2D eigenvalue weighted by Gasteiger charge is -2.44. The Hall–Kier alpha value is -2.82. The van der Waals surface area contributed by atoms with Crippen LogP contribution in [0.1, 0.15) is 59.1 Å². The molecule has 1 N–H and O–H groups in total. The average Bonchev–Trinajstić information content (AvgIpc) is 3.22. The number of ether oxygens (including phenoxy) is 1. The van der Waals surface area contributed by atoms with E-state index in [1.54, 1.807) is 31.4 Å². The number of carboxylic acid groups (broad SMARTS) is 1. The van der Waals surface area contributed by atoms with Crippen molar-refractivity contribution in [2.45, 2.75) is 43.7 Å². The SMILES string of the molecule is COc1ccc(C2C(C(=O)O)c3ccccc3C(=O)N2C2CCCC2)cc1. The minimum atomic E-state index is -0.904. The molecule has 1 aliphatic carbocycles.